The zero-order valence-corrected chi connectivity index (χ0v) is 10.6. The first-order valence-electron chi connectivity index (χ1n) is 5.28. The van der Waals surface area contributed by atoms with E-state index in [4.69, 9.17) is 5.11 Å². The molecule has 2 N–H and O–H groups in total. The predicted molar refractivity (Wildman–Crippen MR) is 63.0 cm³/mol. The molecule has 0 heterocycles. The summed E-state index contributed by atoms with van der Waals surface area (Å²) in [5, 5.41) is 8.54. The molecule has 0 radical (unpaired) electrons. The second-order valence-electron chi connectivity index (χ2n) is 4.01. The van der Waals surface area contributed by atoms with E-state index in [1.807, 2.05) is 0 Å². The molecule has 1 aromatic rings. The lowest BCUT2D eigenvalue weighted by atomic mass is 10.1. The smallest absolute Gasteiger partial charge is 0.303 e. The highest BCUT2D eigenvalue weighted by Gasteiger charge is 2.16. The Hall–Kier alpha value is -1.47. The van der Waals surface area contributed by atoms with Crippen LogP contribution >= 0.6 is 0 Å². The molecule has 0 spiro atoms. The van der Waals surface area contributed by atoms with Crippen molar-refractivity contribution in [1.82, 2.24) is 4.72 Å². The quantitative estimate of drug-likeness (QED) is 0.817. The van der Waals surface area contributed by atoms with Crippen molar-refractivity contribution in [2.24, 2.45) is 5.92 Å². The van der Waals surface area contributed by atoms with Crippen LogP contribution in [0.5, 0.6) is 0 Å². The van der Waals surface area contributed by atoms with Crippen molar-refractivity contribution in [2.75, 3.05) is 6.54 Å². The number of nitrogens with one attached hydrogen (secondary N) is 1. The first-order chi connectivity index (χ1) is 8.31. The van der Waals surface area contributed by atoms with E-state index in [9.17, 15) is 17.6 Å². The van der Waals surface area contributed by atoms with E-state index in [1.54, 1.807) is 6.92 Å². The molecule has 1 unspecified atom stereocenters. The van der Waals surface area contributed by atoms with Gasteiger partial charge in [0, 0.05) is 13.0 Å². The van der Waals surface area contributed by atoms with Gasteiger partial charge < -0.3 is 5.11 Å². The zero-order valence-electron chi connectivity index (χ0n) is 9.76. The van der Waals surface area contributed by atoms with Crippen LogP contribution in [-0.2, 0) is 14.8 Å². The van der Waals surface area contributed by atoms with Crippen molar-refractivity contribution >= 4 is 16.0 Å². The van der Waals surface area contributed by atoms with E-state index in [-0.39, 0.29) is 23.8 Å². The molecule has 100 valence electrons. The Kier molecular flexibility index (Phi) is 4.80. The average molecular weight is 275 g/mol. The van der Waals surface area contributed by atoms with Crippen molar-refractivity contribution in [3.8, 4) is 0 Å². The van der Waals surface area contributed by atoms with Crippen LogP contribution in [0.15, 0.2) is 29.2 Å². The molecule has 7 heteroatoms. The standard InChI is InChI=1S/C11H14FNO4S/c1-8(5-11(14)15)7-13-18(16,17)10-4-2-3-9(12)6-10/h2-4,6,8,13H,5,7H2,1H3,(H,14,15). The number of rotatable bonds is 6. The molecule has 5 nitrogen and oxygen atoms in total. The summed E-state index contributed by atoms with van der Waals surface area (Å²) >= 11 is 0. The van der Waals surface area contributed by atoms with E-state index < -0.39 is 21.8 Å². The summed E-state index contributed by atoms with van der Waals surface area (Å²) in [7, 11) is -3.80. The fourth-order valence-corrected chi connectivity index (χ4v) is 2.54. The molecular weight excluding hydrogens is 261 g/mol. The molecule has 0 saturated heterocycles. The summed E-state index contributed by atoms with van der Waals surface area (Å²) in [6.45, 7) is 1.60. The van der Waals surface area contributed by atoms with Crippen LogP contribution in [0.1, 0.15) is 13.3 Å². The summed E-state index contributed by atoms with van der Waals surface area (Å²) in [5.41, 5.74) is 0. The number of halogens is 1. The van der Waals surface area contributed by atoms with Crippen LogP contribution in [0.4, 0.5) is 4.39 Å². The van der Waals surface area contributed by atoms with Crippen molar-refractivity contribution in [2.45, 2.75) is 18.2 Å². The van der Waals surface area contributed by atoms with Crippen LogP contribution in [-0.4, -0.2) is 26.0 Å². The van der Waals surface area contributed by atoms with Crippen LogP contribution in [0.25, 0.3) is 0 Å². The lowest BCUT2D eigenvalue weighted by Gasteiger charge is -2.11. The number of benzene rings is 1. The van der Waals surface area contributed by atoms with Crippen LogP contribution in [0, 0.1) is 11.7 Å². The summed E-state index contributed by atoms with van der Waals surface area (Å²) in [5.74, 6) is -1.98. The van der Waals surface area contributed by atoms with Crippen molar-refractivity contribution in [3.63, 3.8) is 0 Å². The highest BCUT2D eigenvalue weighted by Crippen LogP contribution is 2.11. The molecule has 0 saturated carbocycles. The van der Waals surface area contributed by atoms with Crippen LogP contribution < -0.4 is 4.72 Å². The van der Waals surface area contributed by atoms with Gasteiger partial charge in [0.2, 0.25) is 10.0 Å². The fourth-order valence-electron chi connectivity index (χ4n) is 1.34. The van der Waals surface area contributed by atoms with Gasteiger partial charge in [0.05, 0.1) is 4.90 Å². The van der Waals surface area contributed by atoms with E-state index in [1.165, 1.54) is 12.1 Å². The number of carboxylic acids is 1. The number of hydrogen-bond donors (Lipinski definition) is 2. The second kappa shape index (κ2) is 5.92. The van der Waals surface area contributed by atoms with Gasteiger partial charge in [0.25, 0.3) is 0 Å². The van der Waals surface area contributed by atoms with Crippen LogP contribution in [0.2, 0.25) is 0 Å². The molecule has 0 aliphatic carbocycles. The second-order valence-corrected chi connectivity index (χ2v) is 5.78. The van der Waals surface area contributed by atoms with Crippen LogP contribution in [0.3, 0.4) is 0 Å². The highest BCUT2D eigenvalue weighted by atomic mass is 32.2. The molecule has 0 amide bonds. The lowest BCUT2D eigenvalue weighted by molar-refractivity contribution is -0.137. The summed E-state index contributed by atoms with van der Waals surface area (Å²) in [6.07, 6.45) is -0.133. The maximum atomic E-state index is 12.9. The molecule has 1 aromatic carbocycles. The molecular formula is C11H14FNO4S. The Morgan fingerprint density at radius 3 is 2.72 bits per heavy atom. The van der Waals surface area contributed by atoms with Gasteiger partial charge >= 0.3 is 5.97 Å². The molecule has 0 fully saturated rings. The molecule has 0 aliphatic rings. The van der Waals surface area contributed by atoms with E-state index in [0.29, 0.717) is 0 Å². The van der Waals surface area contributed by atoms with Gasteiger partial charge in [-0.05, 0) is 24.1 Å². The number of hydrogen-bond acceptors (Lipinski definition) is 3. The summed E-state index contributed by atoms with van der Waals surface area (Å²) < 4.78 is 38.6. The molecule has 1 rings (SSSR count). The highest BCUT2D eigenvalue weighted by molar-refractivity contribution is 7.89. The average Bonchev–Trinajstić information content (AvgIpc) is 2.26. The van der Waals surface area contributed by atoms with Crippen molar-refractivity contribution < 1.29 is 22.7 Å². The predicted octanol–water partition coefficient (Wildman–Crippen LogP) is 1.21. The number of sulfonamides is 1. The Labute approximate surface area is 105 Å². The minimum Gasteiger partial charge on any atom is -0.481 e. The van der Waals surface area contributed by atoms with E-state index in [0.717, 1.165) is 12.1 Å². The fraction of sp³-hybridized carbons (Fsp3) is 0.364. The van der Waals surface area contributed by atoms with E-state index in [2.05, 4.69) is 4.72 Å². The van der Waals surface area contributed by atoms with Crippen molar-refractivity contribution in [3.05, 3.63) is 30.1 Å². The third-order valence-corrected chi connectivity index (χ3v) is 3.67. The number of carbonyl (C=O) groups is 1. The third kappa shape index (κ3) is 4.42. The Balaban J connectivity index is 2.68. The molecule has 0 bridgehead atoms. The van der Waals surface area contributed by atoms with Gasteiger partial charge in [0.1, 0.15) is 5.82 Å². The zero-order chi connectivity index (χ0) is 13.8. The van der Waals surface area contributed by atoms with Gasteiger partial charge in [-0.2, -0.15) is 0 Å². The van der Waals surface area contributed by atoms with Gasteiger partial charge in [-0.25, -0.2) is 17.5 Å². The maximum absolute atomic E-state index is 12.9. The Morgan fingerprint density at radius 2 is 2.17 bits per heavy atom. The van der Waals surface area contributed by atoms with Gasteiger partial charge in [0.15, 0.2) is 0 Å². The lowest BCUT2D eigenvalue weighted by Crippen LogP contribution is -2.29. The Bertz CT molecular complexity index is 530. The number of carboxylic acid groups (broad SMARTS) is 1. The minimum absolute atomic E-state index is 0.00878. The molecule has 1 atom stereocenters. The molecule has 0 aromatic heterocycles. The first-order valence-corrected chi connectivity index (χ1v) is 6.76. The van der Waals surface area contributed by atoms with Gasteiger partial charge in [-0.15, -0.1) is 0 Å². The van der Waals surface area contributed by atoms with Gasteiger partial charge in [-0.3, -0.25) is 4.79 Å². The maximum Gasteiger partial charge on any atom is 0.303 e. The largest absolute Gasteiger partial charge is 0.481 e. The van der Waals surface area contributed by atoms with E-state index >= 15 is 0 Å². The monoisotopic (exact) mass is 275 g/mol. The third-order valence-electron chi connectivity index (χ3n) is 2.25. The topological polar surface area (TPSA) is 83.5 Å². The minimum atomic E-state index is -3.80. The Morgan fingerprint density at radius 1 is 1.50 bits per heavy atom. The molecule has 0 aliphatic heterocycles. The van der Waals surface area contributed by atoms with Crippen molar-refractivity contribution in [1.29, 1.82) is 0 Å². The first kappa shape index (κ1) is 14.6. The SMILES string of the molecule is CC(CNS(=O)(=O)c1cccc(F)c1)CC(=O)O. The summed E-state index contributed by atoms with van der Waals surface area (Å²) in [4.78, 5) is 10.2. The van der Waals surface area contributed by atoms with Gasteiger partial charge in [-0.1, -0.05) is 13.0 Å². The normalized spacial score (nSPS) is 13.2. The number of aliphatic carboxylic acids is 1. The summed E-state index contributed by atoms with van der Waals surface area (Å²) in [6, 6.07) is 4.62. The molecule has 18 heavy (non-hydrogen) atoms.